The molecule has 0 aromatic rings. The first-order chi connectivity index (χ1) is 10.0. The van der Waals surface area contributed by atoms with E-state index in [0.717, 1.165) is 44.9 Å². The Morgan fingerprint density at radius 2 is 1.43 bits per heavy atom. The van der Waals surface area contributed by atoms with Gasteiger partial charge in [-0.3, -0.25) is 9.36 Å². The van der Waals surface area contributed by atoms with E-state index in [9.17, 15) is 9.36 Å². The monoisotopic (exact) mass is 322 g/mol. The van der Waals surface area contributed by atoms with Gasteiger partial charge in [-0.15, -0.1) is 0 Å². The zero-order valence-corrected chi connectivity index (χ0v) is 14.4. The smallest absolute Gasteiger partial charge is 0.330 e. The van der Waals surface area contributed by atoms with Crippen LogP contribution in [0.1, 0.15) is 71.6 Å². The Labute approximate surface area is 128 Å². The summed E-state index contributed by atoms with van der Waals surface area (Å²) in [7, 11) is -2.83. The zero-order chi connectivity index (χ0) is 16.0. The Balaban J connectivity index is 3.33. The molecule has 0 radical (unpaired) electrons. The van der Waals surface area contributed by atoms with E-state index < -0.39 is 13.6 Å². The molecule has 0 heterocycles. The molecular weight excluding hydrogens is 291 g/mol. The Bertz CT molecular complexity index is 306. The highest BCUT2D eigenvalue weighted by molar-refractivity contribution is 7.53. The van der Waals surface area contributed by atoms with Crippen molar-refractivity contribution in [2.24, 2.45) is 0 Å². The first-order valence-corrected chi connectivity index (χ1v) is 9.86. The molecule has 0 fully saturated rings. The number of carboxylic acids is 1. The molecule has 0 aromatic heterocycles. The van der Waals surface area contributed by atoms with E-state index in [1.807, 2.05) is 13.8 Å². The van der Waals surface area contributed by atoms with Gasteiger partial charge in [0.25, 0.3) is 0 Å². The Morgan fingerprint density at radius 3 is 1.90 bits per heavy atom. The molecule has 0 aliphatic carbocycles. The second-order valence-corrected chi connectivity index (χ2v) is 7.52. The van der Waals surface area contributed by atoms with Crippen LogP contribution in [0.2, 0.25) is 0 Å². The highest BCUT2D eigenvalue weighted by Gasteiger charge is 2.20. The lowest BCUT2D eigenvalue weighted by Gasteiger charge is -2.15. The molecule has 0 rings (SSSR count). The maximum atomic E-state index is 12.0. The summed E-state index contributed by atoms with van der Waals surface area (Å²) >= 11 is 0. The van der Waals surface area contributed by atoms with Crippen LogP contribution in [-0.4, -0.2) is 30.5 Å². The molecule has 0 amide bonds. The van der Waals surface area contributed by atoms with Crippen molar-refractivity contribution >= 4 is 13.6 Å². The van der Waals surface area contributed by atoms with Crippen molar-refractivity contribution in [1.82, 2.24) is 0 Å². The molecule has 0 bridgehead atoms. The fourth-order valence-electron chi connectivity index (χ4n) is 2.06. The summed E-state index contributed by atoms with van der Waals surface area (Å²) in [5.41, 5.74) is 0. The second-order valence-electron chi connectivity index (χ2n) is 5.15. The van der Waals surface area contributed by atoms with Crippen molar-refractivity contribution in [2.45, 2.75) is 71.6 Å². The van der Waals surface area contributed by atoms with Crippen LogP contribution in [0.3, 0.4) is 0 Å². The third kappa shape index (κ3) is 13.0. The fourth-order valence-corrected chi connectivity index (χ4v) is 3.30. The van der Waals surface area contributed by atoms with Crippen molar-refractivity contribution in [3.05, 3.63) is 0 Å². The van der Waals surface area contributed by atoms with Crippen molar-refractivity contribution < 1.29 is 23.5 Å². The van der Waals surface area contributed by atoms with Crippen LogP contribution in [-0.2, 0) is 18.4 Å². The summed E-state index contributed by atoms with van der Waals surface area (Å²) in [5, 5.41) is 8.50. The largest absolute Gasteiger partial charge is 0.481 e. The predicted octanol–water partition coefficient (Wildman–Crippen LogP) is 4.85. The van der Waals surface area contributed by atoms with Crippen LogP contribution in [0.15, 0.2) is 0 Å². The second kappa shape index (κ2) is 13.3. The molecule has 0 saturated heterocycles. The van der Waals surface area contributed by atoms with Crippen LogP contribution in [0, 0.1) is 0 Å². The average molecular weight is 322 g/mol. The van der Waals surface area contributed by atoms with Gasteiger partial charge >= 0.3 is 13.6 Å². The highest BCUT2D eigenvalue weighted by Crippen LogP contribution is 2.47. The van der Waals surface area contributed by atoms with E-state index in [1.54, 1.807) is 0 Å². The van der Waals surface area contributed by atoms with E-state index in [2.05, 4.69) is 0 Å². The van der Waals surface area contributed by atoms with Crippen molar-refractivity contribution in [1.29, 1.82) is 0 Å². The van der Waals surface area contributed by atoms with Crippen LogP contribution in [0.5, 0.6) is 0 Å². The van der Waals surface area contributed by atoms with E-state index in [0.29, 0.717) is 19.4 Å². The minimum absolute atomic E-state index is 0.286. The number of carboxylic acid groups (broad SMARTS) is 1. The molecule has 0 aromatic carbocycles. The molecule has 21 heavy (non-hydrogen) atoms. The molecule has 0 spiro atoms. The standard InChI is InChI=1S/C15H31O5P/c1-3-19-21(18,4-2)20-14-12-10-8-6-5-7-9-11-13-15(16)17/h3-14H2,1-2H3,(H,16,17). The maximum absolute atomic E-state index is 12.0. The molecule has 0 aliphatic heterocycles. The minimum Gasteiger partial charge on any atom is -0.481 e. The minimum atomic E-state index is -2.83. The van der Waals surface area contributed by atoms with E-state index in [1.165, 1.54) is 6.42 Å². The van der Waals surface area contributed by atoms with Gasteiger partial charge in [0, 0.05) is 12.6 Å². The van der Waals surface area contributed by atoms with Gasteiger partial charge in [0.15, 0.2) is 0 Å². The van der Waals surface area contributed by atoms with Gasteiger partial charge in [0.05, 0.1) is 13.2 Å². The number of aliphatic carboxylic acids is 1. The average Bonchev–Trinajstić information content (AvgIpc) is 2.44. The third-order valence-electron chi connectivity index (χ3n) is 3.29. The van der Waals surface area contributed by atoms with Crippen LogP contribution < -0.4 is 0 Å². The molecule has 1 atom stereocenters. The Morgan fingerprint density at radius 1 is 0.905 bits per heavy atom. The van der Waals surface area contributed by atoms with Crippen LogP contribution >= 0.6 is 7.60 Å². The van der Waals surface area contributed by atoms with E-state index in [4.69, 9.17) is 14.2 Å². The summed E-state index contributed by atoms with van der Waals surface area (Å²) in [5.74, 6) is -0.702. The van der Waals surface area contributed by atoms with Crippen molar-refractivity contribution in [3.8, 4) is 0 Å². The molecule has 0 aliphatic rings. The van der Waals surface area contributed by atoms with Crippen LogP contribution in [0.4, 0.5) is 0 Å². The van der Waals surface area contributed by atoms with E-state index in [-0.39, 0.29) is 6.42 Å². The summed E-state index contributed by atoms with van der Waals surface area (Å²) in [4.78, 5) is 10.3. The lowest BCUT2D eigenvalue weighted by Crippen LogP contribution is -1.99. The number of carbonyl (C=O) groups is 1. The van der Waals surface area contributed by atoms with Crippen LogP contribution in [0.25, 0.3) is 0 Å². The SMILES string of the molecule is CCOP(=O)(CC)OCCCCCCCCCCC(=O)O. The summed E-state index contributed by atoms with van der Waals surface area (Å²) < 4.78 is 22.5. The molecule has 1 N–H and O–H groups in total. The predicted molar refractivity (Wildman–Crippen MR) is 84.9 cm³/mol. The summed E-state index contributed by atoms with van der Waals surface area (Å²) in [6, 6.07) is 0. The summed E-state index contributed by atoms with van der Waals surface area (Å²) in [6.07, 6.45) is 9.08. The zero-order valence-electron chi connectivity index (χ0n) is 13.5. The Hall–Kier alpha value is -0.380. The number of hydrogen-bond donors (Lipinski definition) is 1. The third-order valence-corrected chi connectivity index (χ3v) is 5.29. The van der Waals surface area contributed by atoms with Crippen molar-refractivity contribution in [2.75, 3.05) is 19.4 Å². The number of unbranched alkanes of at least 4 members (excludes halogenated alkanes) is 7. The maximum Gasteiger partial charge on any atom is 0.330 e. The molecule has 126 valence electrons. The molecule has 0 saturated carbocycles. The van der Waals surface area contributed by atoms with Gasteiger partial charge in [-0.2, -0.15) is 0 Å². The fraction of sp³-hybridized carbons (Fsp3) is 0.933. The van der Waals surface area contributed by atoms with E-state index >= 15 is 0 Å². The first kappa shape index (κ1) is 20.6. The normalized spacial score (nSPS) is 14.0. The topological polar surface area (TPSA) is 72.8 Å². The first-order valence-electron chi connectivity index (χ1n) is 8.14. The lowest BCUT2D eigenvalue weighted by atomic mass is 10.1. The van der Waals surface area contributed by atoms with Gasteiger partial charge in [-0.1, -0.05) is 45.4 Å². The Kier molecular flexibility index (Phi) is 13.1. The quantitative estimate of drug-likeness (QED) is 0.345. The van der Waals surface area contributed by atoms with Gasteiger partial charge < -0.3 is 14.2 Å². The summed E-state index contributed by atoms with van der Waals surface area (Å²) in [6.45, 7) is 4.57. The molecule has 1 unspecified atom stereocenters. The van der Waals surface area contributed by atoms with Gasteiger partial charge in [-0.05, 0) is 19.8 Å². The number of hydrogen-bond acceptors (Lipinski definition) is 4. The number of rotatable bonds is 15. The molecular formula is C15H31O5P. The lowest BCUT2D eigenvalue weighted by molar-refractivity contribution is -0.137. The van der Waals surface area contributed by atoms with Crippen molar-refractivity contribution in [3.63, 3.8) is 0 Å². The van der Waals surface area contributed by atoms with Gasteiger partial charge in [0.2, 0.25) is 0 Å². The highest BCUT2D eigenvalue weighted by atomic mass is 31.2. The van der Waals surface area contributed by atoms with Gasteiger partial charge in [0.1, 0.15) is 0 Å². The van der Waals surface area contributed by atoms with Gasteiger partial charge in [-0.25, -0.2) is 0 Å². The molecule has 6 heteroatoms. The molecule has 5 nitrogen and oxygen atoms in total.